The summed E-state index contributed by atoms with van der Waals surface area (Å²) in [5, 5.41) is 0. The van der Waals surface area contributed by atoms with Crippen LogP contribution < -0.4 is 0 Å². The Labute approximate surface area is 113 Å². The van der Waals surface area contributed by atoms with Crippen molar-refractivity contribution in [3.05, 3.63) is 46.8 Å². The second-order valence-corrected chi connectivity index (χ2v) is 5.29. The first-order valence-electron chi connectivity index (χ1n) is 6.84. The second-order valence-electron chi connectivity index (χ2n) is 5.29. The minimum Gasteiger partial charge on any atom is -0.333 e. The van der Waals surface area contributed by atoms with E-state index in [2.05, 4.69) is 29.3 Å². The van der Waals surface area contributed by atoms with Crippen LogP contribution in [-0.4, -0.2) is 22.3 Å². The van der Waals surface area contributed by atoms with Crippen LogP contribution >= 0.6 is 0 Å². The highest BCUT2D eigenvalue weighted by Gasteiger charge is 2.17. The summed E-state index contributed by atoms with van der Waals surface area (Å²) in [5.41, 5.74) is 4.53. The van der Waals surface area contributed by atoms with Gasteiger partial charge in [-0.3, -0.25) is 9.78 Å². The molecular weight excluding hydrogens is 236 g/mol. The van der Waals surface area contributed by atoms with Crippen molar-refractivity contribution in [2.24, 2.45) is 0 Å². The normalized spacial score (nSPS) is 18.3. The van der Waals surface area contributed by atoms with E-state index in [-0.39, 0.29) is 5.91 Å². The summed E-state index contributed by atoms with van der Waals surface area (Å²) in [6.45, 7) is 3.43. The molecule has 1 aromatic heterocycles. The smallest absolute Gasteiger partial charge is 0.246 e. The van der Waals surface area contributed by atoms with E-state index < -0.39 is 0 Å². The average molecular weight is 254 g/mol. The molecule has 0 N–H and O–H groups in total. The maximum absolute atomic E-state index is 11.9. The molecule has 0 radical (unpaired) electrons. The molecule has 3 rings (SSSR count). The summed E-state index contributed by atoms with van der Waals surface area (Å²) >= 11 is 0. The van der Waals surface area contributed by atoms with E-state index in [9.17, 15) is 4.79 Å². The molecule has 0 saturated carbocycles. The third kappa shape index (κ3) is 2.60. The van der Waals surface area contributed by atoms with Crippen LogP contribution in [0.25, 0.3) is 6.08 Å². The number of allylic oxidation sites excluding steroid dienone is 1. The molecule has 19 heavy (non-hydrogen) atoms. The highest BCUT2D eigenvalue weighted by atomic mass is 16.2. The van der Waals surface area contributed by atoms with Crippen molar-refractivity contribution in [1.29, 1.82) is 0 Å². The fourth-order valence-electron chi connectivity index (χ4n) is 2.57. The van der Waals surface area contributed by atoms with Crippen LogP contribution in [0.4, 0.5) is 0 Å². The van der Waals surface area contributed by atoms with Crippen molar-refractivity contribution in [3.8, 4) is 0 Å². The first-order valence-corrected chi connectivity index (χ1v) is 6.84. The lowest BCUT2D eigenvalue weighted by atomic mass is 10.0. The molecule has 3 heteroatoms. The molecular formula is C16H18N2O. The van der Waals surface area contributed by atoms with E-state index in [0.717, 1.165) is 37.2 Å². The number of hydrogen-bond donors (Lipinski definition) is 0. The van der Waals surface area contributed by atoms with Crippen LogP contribution in [0.15, 0.2) is 29.9 Å². The number of amides is 1. The summed E-state index contributed by atoms with van der Waals surface area (Å²) in [6.07, 6.45) is 9.13. The standard InChI is InChI=1S/C16H18N2O/c1-12-8-9-18(16(19)10-12)11-14-7-6-13-4-2-3-5-15(13)17-14/h3,5-7,10H,2,4,8-9,11H2,1H3. The van der Waals surface area contributed by atoms with E-state index >= 15 is 0 Å². The van der Waals surface area contributed by atoms with Gasteiger partial charge in [0.05, 0.1) is 17.9 Å². The lowest BCUT2D eigenvalue weighted by Crippen LogP contribution is -2.33. The average Bonchev–Trinajstić information content (AvgIpc) is 2.42. The van der Waals surface area contributed by atoms with E-state index in [1.807, 2.05) is 11.8 Å². The molecule has 0 fully saturated rings. The number of aryl methyl sites for hydroxylation is 1. The number of aromatic nitrogens is 1. The SMILES string of the molecule is CC1=CC(=O)N(Cc2ccc3c(n2)C=CCC3)CC1. The Hall–Kier alpha value is -1.90. The molecule has 0 atom stereocenters. The Bertz CT molecular complexity index is 572. The monoisotopic (exact) mass is 254 g/mol. The number of rotatable bonds is 2. The number of pyridine rings is 1. The van der Waals surface area contributed by atoms with Gasteiger partial charge in [-0.2, -0.15) is 0 Å². The second kappa shape index (κ2) is 5.00. The summed E-state index contributed by atoms with van der Waals surface area (Å²) in [5.74, 6) is 0.110. The Balaban J connectivity index is 1.78. The third-order valence-corrected chi connectivity index (χ3v) is 3.74. The van der Waals surface area contributed by atoms with Gasteiger partial charge < -0.3 is 4.90 Å². The molecule has 0 bridgehead atoms. The van der Waals surface area contributed by atoms with Crippen molar-refractivity contribution in [2.45, 2.75) is 32.7 Å². The van der Waals surface area contributed by atoms with Gasteiger partial charge >= 0.3 is 0 Å². The molecule has 1 aliphatic heterocycles. The van der Waals surface area contributed by atoms with E-state index in [0.29, 0.717) is 6.54 Å². The van der Waals surface area contributed by atoms with Crippen molar-refractivity contribution in [1.82, 2.24) is 9.88 Å². The molecule has 3 nitrogen and oxygen atoms in total. The zero-order valence-corrected chi connectivity index (χ0v) is 11.2. The number of hydrogen-bond acceptors (Lipinski definition) is 2. The molecule has 2 heterocycles. The zero-order chi connectivity index (χ0) is 13.2. The van der Waals surface area contributed by atoms with Crippen LogP contribution in [0.5, 0.6) is 0 Å². The highest BCUT2D eigenvalue weighted by molar-refractivity contribution is 5.89. The van der Waals surface area contributed by atoms with Gasteiger partial charge in [-0.25, -0.2) is 0 Å². The molecule has 1 aromatic rings. The molecule has 98 valence electrons. The van der Waals surface area contributed by atoms with Crippen LogP contribution in [0, 0.1) is 0 Å². The maximum atomic E-state index is 11.9. The molecule has 1 amide bonds. The van der Waals surface area contributed by atoms with E-state index in [1.165, 1.54) is 11.1 Å². The molecule has 0 saturated heterocycles. The maximum Gasteiger partial charge on any atom is 0.246 e. The lowest BCUT2D eigenvalue weighted by Gasteiger charge is -2.25. The number of carbonyl (C=O) groups excluding carboxylic acids is 1. The van der Waals surface area contributed by atoms with Gasteiger partial charge in [-0.05, 0) is 43.9 Å². The Morgan fingerprint density at radius 2 is 2.21 bits per heavy atom. The number of nitrogens with zero attached hydrogens (tertiary/aromatic N) is 2. The van der Waals surface area contributed by atoms with Crippen LogP contribution in [-0.2, 0) is 17.8 Å². The predicted molar refractivity (Wildman–Crippen MR) is 75.4 cm³/mol. The van der Waals surface area contributed by atoms with Crippen molar-refractivity contribution >= 4 is 12.0 Å². The Morgan fingerprint density at radius 1 is 1.32 bits per heavy atom. The predicted octanol–water partition coefficient (Wildman–Crippen LogP) is 2.72. The summed E-state index contributed by atoms with van der Waals surface area (Å²) < 4.78 is 0. The van der Waals surface area contributed by atoms with Crippen molar-refractivity contribution in [2.75, 3.05) is 6.54 Å². The Morgan fingerprint density at radius 3 is 3.05 bits per heavy atom. The molecule has 0 unspecified atom stereocenters. The number of carbonyl (C=O) groups is 1. The van der Waals surface area contributed by atoms with Gasteiger partial charge in [-0.15, -0.1) is 0 Å². The largest absolute Gasteiger partial charge is 0.333 e. The lowest BCUT2D eigenvalue weighted by molar-refractivity contribution is -0.127. The van der Waals surface area contributed by atoms with Gasteiger partial charge in [0.1, 0.15) is 0 Å². The van der Waals surface area contributed by atoms with Gasteiger partial charge in [0.25, 0.3) is 0 Å². The van der Waals surface area contributed by atoms with Crippen molar-refractivity contribution in [3.63, 3.8) is 0 Å². The Kier molecular flexibility index (Phi) is 3.20. The van der Waals surface area contributed by atoms with Crippen LogP contribution in [0.1, 0.15) is 36.7 Å². The first-order chi connectivity index (χ1) is 9.22. The molecule has 0 aromatic carbocycles. The molecule has 2 aliphatic rings. The van der Waals surface area contributed by atoms with Gasteiger partial charge in [0.15, 0.2) is 0 Å². The highest BCUT2D eigenvalue weighted by Crippen LogP contribution is 2.19. The zero-order valence-electron chi connectivity index (χ0n) is 11.2. The van der Waals surface area contributed by atoms with Crippen molar-refractivity contribution < 1.29 is 4.79 Å². The summed E-state index contributed by atoms with van der Waals surface area (Å²) in [6, 6.07) is 4.20. The van der Waals surface area contributed by atoms with Gasteiger partial charge in [-0.1, -0.05) is 17.7 Å². The van der Waals surface area contributed by atoms with Gasteiger partial charge in [0.2, 0.25) is 5.91 Å². The summed E-state index contributed by atoms with van der Waals surface area (Å²) in [4.78, 5) is 18.4. The topological polar surface area (TPSA) is 33.2 Å². The minimum absolute atomic E-state index is 0.110. The summed E-state index contributed by atoms with van der Waals surface area (Å²) in [7, 11) is 0. The molecule has 0 spiro atoms. The quantitative estimate of drug-likeness (QED) is 0.813. The number of fused-ring (bicyclic) bond motifs is 1. The first kappa shape index (κ1) is 12.2. The molecule has 1 aliphatic carbocycles. The van der Waals surface area contributed by atoms with E-state index in [4.69, 9.17) is 0 Å². The third-order valence-electron chi connectivity index (χ3n) is 3.74. The fourth-order valence-corrected chi connectivity index (χ4v) is 2.57. The minimum atomic E-state index is 0.110. The fraction of sp³-hybridized carbons (Fsp3) is 0.375. The van der Waals surface area contributed by atoms with Crippen LogP contribution in [0.3, 0.4) is 0 Å². The van der Waals surface area contributed by atoms with Gasteiger partial charge in [0, 0.05) is 12.6 Å². The van der Waals surface area contributed by atoms with E-state index in [1.54, 1.807) is 6.08 Å². The van der Waals surface area contributed by atoms with Crippen LogP contribution in [0.2, 0.25) is 0 Å².